The van der Waals surface area contributed by atoms with Gasteiger partial charge in [-0.15, -0.1) is 0 Å². The molecule has 0 rings (SSSR count). The van der Waals surface area contributed by atoms with Crippen molar-refractivity contribution in [1.82, 2.24) is 0 Å². The first-order valence-corrected chi connectivity index (χ1v) is 11.3. The first kappa shape index (κ1) is 49.1. The number of carboxylic acid groups (broad SMARTS) is 2. The molecule has 0 radical (unpaired) electrons. The average molecular weight is 708 g/mol. The van der Waals surface area contributed by atoms with Crippen LogP contribution in [-0.4, -0.2) is 80.3 Å². The second kappa shape index (κ2) is 21.1. The van der Waals surface area contributed by atoms with Crippen molar-refractivity contribution in [3.8, 4) is 0 Å². The summed E-state index contributed by atoms with van der Waals surface area (Å²) in [5.74, 6) is -22.4. The summed E-state index contributed by atoms with van der Waals surface area (Å²) in [6.45, 7) is 8.81. The molecule has 0 aliphatic heterocycles. The van der Waals surface area contributed by atoms with Crippen molar-refractivity contribution in [3.05, 3.63) is 0 Å². The number of rotatable bonds is 10. The van der Waals surface area contributed by atoms with Gasteiger partial charge in [0.25, 0.3) is 0 Å². The van der Waals surface area contributed by atoms with Crippen molar-refractivity contribution in [1.29, 1.82) is 0 Å². The van der Waals surface area contributed by atoms with Crippen LogP contribution in [0.15, 0.2) is 0 Å². The summed E-state index contributed by atoms with van der Waals surface area (Å²) in [5.41, 5.74) is 0. The smallest absolute Gasteiger partial charge is 0.454 e. The maximum atomic E-state index is 12.8. The van der Waals surface area contributed by atoms with E-state index in [9.17, 15) is 63.1 Å². The van der Waals surface area contributed by atoms with Crippen molar-refractivity contribution in [3.63, 3.8) is 0 Å². The van der Waals surface area contributed by atoms with E-state index in [1.165, 1.54) is 0 Å². The van der Waals surface area contributed by atoms with Gasteiger partial charge in [0.2, 0.25) is 0 Å². The molecular formula is C22H34F10O8Zr. The molecule has 0 aromatic rings. The maximum absolute atomic E-state index is 12.8. The van der Waals surface area contributed by atoms with E-state index in [0.717, 1.165) is 13.8 Å². The van der Waals surface area contributed by atoms with Crippen LogP contribution in [0.25, 0.3) is 0 Å². The molecule has 2 unspecified atom stereocenters. The van der Waals surface area contributed by atoms with Crippen LogP contribution in [0, 0.1) is 11.8 Å². The van der Waals surface area contributed by atoms with Crippen molar-refractivity contribution < 1.29 is 110 Å². The number of aliphatic hydroxyl groups is 2. The first-order valence-electron chi connectivity index (χ1n) is 11.3. The molecule has 19 heteroatoms. The summed E-state index contributed by atoms with van der Waals surface area (Å²) < 4.78 is 123. The molecule has 0 amide bonds. The van der Waals surface area contributed by atoms with Gasteiger partial charge in [-0.25, -0.2) is 0 Å². The number of hydrogen-bond acceptors (Lipinski definition) is 6. The molecule has 0 fully saturated rings. The minimum Gasteiger partial charge on any atom is -0.481 e. The third kappa shape index (κ3) is 21.7. The third-order valence-corrected chi connectivity index (χ3v) is 3.88. The Morgan fingerprint density at radius 3 is 0.829 bits per heavy atom. The number of hydrogen-bond donors (Lipinski definition) is 4. The van der Waals surface area contributed by atoms with Crippen LogP contribution in [-0.2, 0) is 45.4 Å². The van der Waals surface area contributed by atoms with Gasteiger partial charge in [0, 0.05) is 38.4 Å². The Hall–Kier alpha value is -1.62. The first-order chi connectivity index (χ1) is 17.5. The van der Waals surface area contributed by atoms with E-state index in [4.69, 9.17) is 20.4 Å². The summed E-state index contributed by atoms with van der Waals surface area (Å²) in [5, 5.41) is 32.4. The molecule has 0 saturated carbocycles. The number of aliphatic hydroxyl groups excluding tert-OH is 2. The standard InChI is InChI=1S/2C8H9F5O3.2C3H8O.Zr/c2*1-2-4(5(14)3-6(15)16)7(9,10)8(11,12)13;2*1-3(2)4;/h2*4H,2-3H2,1H3,(H,15,16);2*3-4H,1-2H3;. The van der Waals surface area contributed by atoms with Crippen LogP contribution < -0.4 is 0 Å². The monoisotopic (exact) mass is 706 g/mol. The molecule has 0 aromatic heterocycles. The van der Waals surface area contributed by atoms with Crippen LogP contribution in [0.1, 0.15) is 67.2 Å². The molecule has 0 aliphatic rings. The van der Waals surface area contributed by atoms with Crippen molar-refractivity contribution in [2.24, 2.45) is 11.8 Å². The Kier molecular flexibility index (Phi) is 25.3. The van der Waals surface area contributed by atoms with E-state index in [-0.39, 0.29) is 38.4 Å². The molecule has 2 atom stereocenters. The van der Waals surface area contributed by atoms with Gasteiger partial charge in [-0.05, 0) is 40.5 Å². The molecule has 244 valence electrons. The zero-order chi connectivity index (χ0) is 33.4. The van der Waals surface area contributed by atoms with Gasteiger partial charge in [-0.2, -0.15) is 43.9 Å². The van der Waals surface area contributed by atoms with Gasteiger partial charge in [0.15, 0.2) is 11.6 Å². The van der Waals surface area contributed by atoms with E-state index in [1.54, 1.807) is 27.7 Å². The van der Waals surface area contributed by atoms with E-state index >= 15 is 0 Å². The van der Waals surface area contributed by atoms with Gasteiger partial charge in [-0.3, -0.25) is 19.2 Å². The minimum absolute atomic E-state index is 0. The molecular weight excluding hydrogens is 673 g/mol. The molecule has 8 nitrogen and oxygen atoms in total. The van der Waals surface area contributed by atoms with E-state index in [1.807, 2.05) is 0 Å². The summed E-state index contributed by atoms with van der Waals surface area (Å²) in [7, 11) is 0. The number of carbonyl (C=O) groups is 4. The van der Waals surface area contributed by atoms with Crippen LogP contribution in [0.4, 0.5) is 43.9 Å². The van der Waals surface area contributed by atoms with Gasteiger partial charge in [0.1, 0.15) is 12.8 Å². The molecule has 0 spiro atoms. The van der Waals surface area contributed by atoms with E-state index in [0.29, 0.717) is 0 Å². The summed E-state index contributed by atoms with van der Waals surface area (Å²) >= 11 is 0. The number of halogens is 10. The molecule has 0 aliphatic carbocycles. The maximum Gasteiger partial charge on any atom is 0.454 e. The molecule has 0 bridgehead atoms. The van der Waals surface area contributed by atoms with Gasteiger partial charge >= 0.3 is 36.1 Å². The Morgan fingerprint density at radius 2 is 0.732 bits per heavy atom. The van der Waals surface area contributed by atoms with Gasteiger partial charge in [-0.1, -0.05) is 13.8 Å². The topological polar surface area (TPSA) is 149 Å². The second-order valence-corrected chi connectivity index (χ2v) is 8.42. The molecule has 41 heavy (non-hydrogen) atoms. The van der Waals surface area contributed by atoms with Gasteiger partial charge < -0.3 is 20.4 Å². The predicted octanol–water partition coefficient (Wildman–Crippen LogP) is 5.28. The van der Waals surface area contributed by atoms with Crippen LogP contribution in [0.2, 0.25) is 0 Å². The largest absolute Gasteiger partial charge is 0.481 e. The van der Waals surface area contributed by atoms with Crippen molar-refractivity contribution in [2.75, 3.05) is 0 Å². The number of ketones is 2. The Bertz CT molecular complexity index is 716. The fraction of sp³-hybridized carbons (Fsp3) is 0.818. The molecule has 4 N–H and O–H groups in total. The SMILES string of the molecule is CC(C)O.CC(C)O.CCC(C(=O)CC(=O)O)C(F)(F)C(F)(F)F.CCC(C(=O)CC(=O)O)C(F)(F)C(F)(F)F.[Zr]. The molecule has 0 saturated heterocycles. The Morgan fingerprint density at radius 1 is 0.561 bits per heavy atom. The normalized spacial score (nSPS) is 13.2. The zero-order valence-corrected chi connectivity index (χ0v) is 25.3. The molecule has 0 heterocycles. The van der Waals surface area contributed by atoms with Crippen LogP contribution >= 0.6 is 0 Å². The number of Topliss-reactive ketones (excluding diaryl/α,β-unsaturated/α-hetero) is 2. The van der Waals surface area contributed by atoms with Crippen LogP contribution in [0.5, 0.6) is 0 Å². The second-order valence-electron chi connectivity index (χ2n) is 8.42. The van der Waals surface area contributed by atoms with Crippen molar-refractivity contribution >= 4 is 23.5 Å². The van der Waals surface area contributed by atoms with Gasteiger partial charge in [0.05, 0.1) is 11.8 Å². The fourth-order valence-corrected chi connectivity index (χ4v) is 2.31. The number of carbonyl (C=O) groups excluding carboxylic acids is 2. The zero-order valence-electron chi connectivity index (χ0n) is 22.8. The van der Waals surface area contributed by atoms with Crippen molar-refractivity contribution in [2.45, 2.75) is 104 Å². The number of carboxylic acids is 2. The number of aliphatic carboxylic acids is 2. The van der Waals surface area contributed by atoms with E-state index < -0.39 is 85.2 Å². The fourth-order valence-electron chi connectivity index (χ4n) is 2.31. The predicted molar refractivity (Wildman–Crippen MR) is 119 cm³/mol. The Balaban J connectivity index is -0.000000163. The Labute approximate surface area is 248 Å². The van der Waals surface area contributed by atoms with E-state index in [2.05, 4.69) is 0 Å². The summed E-state index contributed by atoms with van der Waals surface area (Å²) in [4.78, 5) is 42.0. The third-order valence-electron chi connectivity index (χ3n) is 3.88. The summed E-state index contributed by atoms with van der Waals surface area (Å²) in [6.07, 6.45) is -16.3. The van der Waals surface area contributed by atoms with Crippen LogP contribution in [0.3, 0.4) is 0 Å². The molecule has 0 aromatic carbocycles. The minimum atomic E-state index is -5.86. The quantitative estimate of drug-likeness (QED) is 0.177. The number of alkyl halides is 10. The summed E-state index contributed by atoms with van der Waals surface area (Å²) in [6, 6.07) is 0. The average Bonchev–Trinajstić information content (AvgIpc) is 2.65.